The van der Waals surface area contributed by atoms with Gasteiger partial charge in [0.2, 0.25) is 0 Å². The van der Waals surface area contributed by atoms with E-state index in [9.17, 15) is 5.11 Å². The second-order valence-corrected chi connectivity index (χ2v) is 9.34. The van der Waals surface area contributed by atoms with Crippen molar-refractivity contribution in [2.24, 2.45) is 4.99 Å². The molecule has 0 unspecified atom stereocenters. The van der Waals surface area contributed by atoms with Crippen molar-refractivity contribution in [1.82, 2.24) is 4.98 Å². The zero-order chi connectivity index (χ0) is 18.7. The highest BCUT2D eigenvalue weighted by molar-refractivity contribution is 9.11. The molecule has 4 rings (SSSR count). The van der Waals surface area contributed by atoms with Gasteiger partial charge in [-0.05, 0) is 64.5 Å². The average Bonchev–Trinajstić information content (AvgIpc) is 2.98. The summed E-state index contributed by atoms with van der Waals surface area (Å²) >= 11 is 16.3. The highest BCUT2D eigenvalue weighted by Gasteiger charge is 2.26. The van der Waals surface area contributed by atoms with Crippen molar-refractivity contribution in [2.75, 3.05) is 18.0 Å². The molecular weight excluding hydrogens is 566 g/mol. The largest absolute Gasteiger partial charge is 0.389 e. The number of fused-ring (bicyclic) bond motifs is 1. The monoisotopic (exact) mass is 575 g/mol. The molecule has 2 aromatic carbocycles. The minimum absolute atomic E-state index is 0.177. The van der Waals surface area contributed by atoms with Crippen molar-refractivity contribution >= 4 is 97.5 Å². The van der Waals surface area contributed by atoms with Crippen LogP contribution in [0.1, 0.15) is 0 Å². The molecule has 1 aliphatic rings. The Labute approximate surface area is 185 Å². The number of hydrogen-bond donors (Lipinski definition) is 1. The molecule has 2 heterocycles. The van der Waals surface area contributed by atoms with Gasteiger partial charge in [0.1, 0.15) is 0 Å². The summed E-state index contributed by atoms with van der Waals surface area (Å²) in [6, 6.07) is 11.7. The Morgan fingerprint density at radius 3 is 2.50 bits per heavy atom. The number of isothiocyanates is 1. The molecule has 1 saturated heterocycles. The van der Waals surface area contributed by atoms with E-state index in [1.807, 2.05) is 30.3 Å². The molecule has 0 saturated carbocycles. The minimum atomic E-state index is -0.177. The smallest absolute Gasteiger partial charge is 0.186 e. The number of nitrogens with zero attached hydrogens (tertiary/aromatic N) is 3. The van der Waals surface area contributed by atoms with Crippen molar-refractivity contribution in [2.45, 2.75) is 6.10 Å². The summed E-state index contributed by atoms with van der Waals surface area (Å²) in [5.74, 6) is 0. The first kappa shape index (κ1) is 20.1. The van der Waals surface area contributed by atoms with E-state index in [-0.39, 0.29) is 6.10 Å². The van der Waals surface area contributed by atoms with Crippen molar-refractivity contribution in [3.05, 3.63) is 49.8 Å². The first-order chi connectivity index (χ1) is 12.5. The molecule has 0 bridgehead atoms. The quantitative estimate of drug-likeness (QED) is 0.292. The molecule has 26 heavy (non-hydrogen) atoms. The van der Waals surface area contributed by atoms with E-state index in [0.29, 0.717) is 13.1 Å². The molecule has 134 valence electrons. The first-order valence-electron chi connectivity index (χ1n) is 7.48. The van der Waals surface area contributed by atoms with Gasteiger partial charge in [0, 0.05) is 26.5 Å². The summed E-state index contributed by atoms with van der Waals surface area (Å²) in [5, 5.41) is 12.5. The highest BCUT2D eigenvalue weighted by atomic mass is 79.9. The first-order valence-corrected chi connectivity index (χ1v) is 11.1. The van der Waals surface area contributed by atoms with Crippen LogP contribution in [0.25, 0.3) is 10.2 Å². The Morgan fingerprint density at radius 1 is 1.15 bits per heavy atom. The lowest BCUT2D eigenvalue weighted by Gasteiger charge is -2.35. The third-order valence-corrected chi connectivity index (χ3v) is 6.34. The topological polar surface area (TPSA) is 48.7 Å². The Morgan fingerprint density at radius 2 is 1.85 bits per heavy atom. The number of thiocarbonyl (C=S) groups is 1. The second kappa shape index (κ2) is 9.01. The predicted octanol–water partition coefficient (Wildman–Crippen LogP) is 6.19. The number of aliphatic hydroxyl groups excluding tert-OH is 1. The molecule has 0 spiro atoms. The van der Waals surface area contributed by atoms with Crippen LogP contribution in [-0.4, -0.2) is 34.4 Å². The van der Waals surface area contributed by atoms with Gasteiger partial charge in [-0.25, -0.2) is 4.98 Å². The molecule has 4 nitrogen and oxygen atoms in total. The molecule has 0 radical (unpaired) electrons. The zero-order valence-electron chi connectivity index (χ0n) is 13.2. The number of benzene rings is 2. The summed E-state index contributed by atoms with van der Waals surface area (Å²) in [7, 11) is 0. The van der Waals surface area contributed by atoms with Gasteiger partial charge in [0.05, 0.1) is 27.2 Å². The number of hydrogen-bond acceptors (Lipinski definition) is 6. The number of anilines is 1. The van der Waals surface area contributed by atoms with Gasteiger partial charge in [-0.15, -0.1) is 0 Å². The van der Waals surface area contributed by atoms with Crippen LogP contribution in [0.15, 0.2) is 54.8 Å². The lowest BCUT2D eigenvalue weighted by atomic mass is 10.2. The van der Waals surface area contributed by atoms with Crippen LogP contribution < -0.4 is 4.90 Å². The fraction of sp³-hybridized carbons (Fsp3) is 0.176. The van der Waals surface area contributed by atoms with Gasteiger partial charge in [-0.3, -0.25) is 0 Å². The summed E-state index contributed by atoms with van der Waals surface area (Å²) in [6.07, 6.45) is -0.177. The molecule has 0 amide bonds. The molecule has 3 aromatic rings. The van der Waals surface area contributed by atoms with Crippen LogP contribution in [0.2, 0.25) is 0 Å². The summed E-state index contributed by atoms with van der Waals surface area (Å²) in [5.41, 5.74) is 1.82. The standard InChI is InChI=1S/C10H9BrN2OS.C7H3Br2NS/c11-6-1-2-8-9(3-6)15-10(12-8)13-4-7(14)5-13;8-5-1-2-7(10-4-11)6(9)3-5/h1-3,7,14H,4-5H2;1-3H. The number of thiazole rings is 1. The van der Waals surface area contributed by atoms with E-state index in [2.05, 4.69) is 86.1 Å². The maximum atomic E-state index is 9.23. The Kier molecular flexibility index (Phi) is 6.96. The van der Waals surface area contributed by atoms with Crippen LogP contribution in [0.3, 0.4) is 0 Å². The van der Waals surface area contributed by atoms with Gasteiger partial charge in [0.25, 0.3) is 0 Å². The number of aromatic nitrogens is 1. The SMILES string of the molecule is OC1CN(c2nc3ccc(Br)cc3s2)C1.S=C=Nc1ccc(Br)cc1Br. The molecule has 1 aromatic heterocycles. The molecule has 1 aliphatic heterocycles. The maximum Gasteiger partial charge on any atom is 0.186 e. The number of rotatable bonds is 2. The third-order valence-electron chi connectivity index (χ3n) is 3.55. The van der Waals surface area contributed by atoms with Crippen molar-refractivity contribution in [3.8, 4) is 0 Å². The minimum Gasteiger partial charge on any atom is -0.389 e. The van der Waals surface area contributed by atoms with Crippen LogP contribution in [0.5, 0.6) is 0 Å². The van der Waals surface area contributed by atoms with Gasteiger partial charge >= 0.3 is 0 Å². The van der Waals surface area contributed by atoms with E-state index in [1.54, 1.807) is 11.3 Å². The predicted molar refractivity (Wildman–Crippen MR) is 122 cm³/mol. The Bertz CT molecular complexity index is 983. The normalized spacial score (nSPS) is 13.6. The van der Waals surface area contributed by atoms with E-state index >= 15 is 0 Å². The van der Waals surface area contributed by atoms with Crippen LogP contribution in [0, 0.1) is 0 Å². The summed E-state index contributed by atoms with van der Waals surface area (Å²) in [6.45, 7) is 1.42. The fourth-order valence-electron chi connectivity index (χ4n) is 2.25. The van der Waals surface area contributed by atoms with Crippen molar-refractivity contribution in [3.63, 3.8) is 0 Å². The summed E-state index contributed by atoms with van der Waals surface area (Å²) in [4.78, 5) is 10.5. The van der Waals surface area contributed by atoms with Crippen LogP contribution in [-0.2, 0) is 0 Å². The molecule has 0 aliphatic carbocycles. The zero-order valence-corrected chi connectivity index (χ0v) is 19.6. The van der Waals surface area contributed by atoms with Crippen LogP contribution in [0.4, 0.5) is 10.8 Å². The van der Waals surface area contributed by atoms with Crippen LogP contribution >= 0.6 is 71.3 Å². The van der Waals surface area contributed by atoms with Gasteiger partial charge in [-0.1, -0.05) is 43.2 Å². The van der Waals surface area contributed by atoms with Gasteiger partial charge in [0.15, 0.2) is 5.13 Å². The van der Waals surface area contributed by atoms with Gasteiger partial charge in [-0.2, -0.15) is 4.99 Å². The number of aliphatic hydroxyl groups is 1. The Hall–Kier alpha value is -0.670. The Balaban J connectivity index is 0.000000160. The lowest BCUT2D eigenvalue weighted by Crippen LogP contribution is -2.50. The van der Waals surface area contributed by atoms with Crippen molar-refractivity contribution in [1.29, 1.82) is 0 Å². The van der Waals surface area contributed by atoms with Crippen molar-refractivity contribution < 1.29 is 5.11 Å². The summed E-state index contributed by atoms with van der Waals surface area (Å²) < 4.78 is 4.17. The highest BCUT2D eigenvalue weighted by Crippen LogP contribution is 2.32. The molecule has 1 fully saturated rings. The van der Waals surface area contributed by atoms with E-state index in [0.717, 1.165) is 29.8 Å². The fourth-order valence-corrected chi connectivity index (χ4v) is 5.02. The average molecular weight is 578 g/mol. The number of halogens is 3. The second-order valence-electron chi connectivity index (χ2n) is 5.47. The van der Waals surface area contributed by atoms with E-state index in [1.165, 1.54) is 4.70 Å². The van der Waals surface area contributed by atoms with Gasteiger partial charge < -0.3 is 10.0 Å². The number of β-amino-alcohol motifs (C(OH)–C–C–N with tert-alkyl or cyclic N) is 1. The molecule has 1 N–H and O–H groups in total. The lowest BCUT2D eigenvalue weighted by molar-refractivity contribution is 0.142. The van der Waals surface area contributed by atoms with E-state index < -0.39 is 0 Å². The molecule has 0 atom stereocenters. The maximum absolute atomic E-state index is 9.23. The number of aliphatic imine (C=N–C) groups is 1. The van der Waals surface area contributed by atoms with E-state index in [4.69, 9.17) is 0 Å². The molecule has 9 heteroatoms. The third kappa shape index (κ3) is 4.98. The molecular formula is C17H12Br3N3OS2.